The predicted octanol–water partition coefficient (Wildman–Crippen LogP) is 0.658. The van der Waals surface area contributed by atoms with E-state index in [0.717, 1.165) is 36.4 Å². The Hall–Kier alpha value is -1.85. The zero-order chi connectivity index (χ0) is 18.1. The van der Waals surface area contributed by atoms with Gasteiger partial charge < -0.3 is 26.8 Å². The summed E-state index contributed by atoms with van der Waals surface area (Å²) in [7, 11) is 1.67. The fraction of sp³-hybridized carbons (Fsp3) is 0.409. The van der Waals surface area contributed by atoms with Crippen molar-refractivity contribution in [1.82, 2.24) is 0 Å². The average molecular weight is 431 g/mol. The molecule has 144 valence electrons. The Morgan fingerprint density at radius 3 is 2.37 bits per heavy atom. The largest absolute Gasteiger partial charge is 1.00 e. The van der Waals surface area contributed by atoms with Crippen molar-refractivity contribution in [2.75, 3.05) is 25.1 Å². The molecule has 1 atom stereocenters. The molecular formula is C22H27BrN2O2. The Balaban J connectivity index is 0.00000210. The van der Waals surface area contributed by atoms with Gasteiger partial charge >= 0.3 is 0 Å². The smallest absolute Gasteiger partial charge is 0.271 e. The van der Waals surface area contributed by atoms with Gasteiger partial charge in [0.2, 0.25) is 0 Å². The van der Waals surface area contributed by atoms with Crippen LogP contribution >= 0.6 is 0 Å². The Kier molecular flexibility index (Phi) is 5.92. The van der Waals surface area contributed by atoms with Gasteiger partial charge in [-0.05, 0) is 62.6 Å². The summed E-state index contributed by atoms with van der Waals surface area (Å²) >= 11 is 0. The third kappa shape index (κ3) is 3.63. The predicted molar refractivity (Wildman–Crippen MR) is 104 cm³/mol. The van der Waals surface area contributed by atoms with Gasteiger partial charge in [-0.3, -0.25) is 0 Å². The number of ether oxygens (including phenoxy) is 1. The number of aryl methyl sites for hydroxylation is 1. The molecule has 0 saturated heterocycles. The molecule has 2 heterocycles. The van der Waals surface area contributed by atoms with Crippen LogP contribution in [0.15, 0.2) is 48.5 Å². The van der Waals surface area contributed by atoms with Crippen molar-refractivity contribution in [1.29, 1.82) is 0 Å². The fourth-order valence-corrected chi connectivity index (χ4v) is 4.14. The lowest BCUT2D eigenvalue weighted by Crippen LogP contribution is -3.00. The molecule has 0 aliphatic carbocycles. The minimum absolute atomic E-state index is 0. The van der Waals surface area contributed by atoms with Crippen molar-refractivity contribution in [3.8, 4) is 5.75 Å². The van der Waals surface area contributed by atoms with Crippen molar-refractivity contribution in [3.63, 3.8) is 0 Å². The molecule has 0 bridgehead atoms. The first-order chi connectivity index (χ1) is 12.6. The maximum absolute atomic E-state index is 11.8. The normalized spacial score (nSPS) is 22.1. The van der Waals surface area contributed by atoms with Crippen LogP contribution in [0.3, 0.4) is 0 Å². The summed E-state index contributed by atoms with van der Waals surface area (Å²) in [6, 6.07) is 16.4. The van der Waals surface area contributed by atoms with E-state index in [-0.39, 0.29) is 17.0 Å². The van der Waals surface area contributed by atoms with Crippen molar-refractivity contribution in [2.45, 2.75) is 38.3 Å². The maximum Gasteiger partial charge on any atom is 0.271 e. The van der Waals surface area contributed by atoms with Crippen LogP contribution < -0.4 is 26.6 Å². The first-order valence-corrected chi connectivity index (χ1v) is 9.46. The zero-order valence-electron chi connectivity index (χ0n) is 16.0. The lowest BCUT2D eigenvalue weighted by atomic mass is 10.0. The van der Waals surface area contributed by atoms with Gasteiger partial charge in [0.25, 0.3) is 11.6 Å². The van der Waals surface area contributed by atoms with Crippen LogP contribution in [-0.4, -0.2) is 35.7 Å². The number of methoxy groups -OCH3 is 1. The molecule has 1 N–H and O–H groups in total. The second-order valence-electron chi connectivity index (χ2n) is 7.35. The zero-order valence-corrected chi connectivity index (χ0v) is 17.6. The molecule has 0 radical (unpaired) electrons. The second kappa shape index (κ2) is 8.03. The minimum Gasteiger partial charge on any atom is -1.00 e. The molecule has 0 saturated carbocycles. The van der Waals surface area contributed by atoms with Gasteiger partial charge in [0.15, 0.2) is 6.54 Å². The van der Waals surface area contributed by atoms with E-state index in [2.05, 4.69) is 40.7 Å². The molecule has 5 heteroatoms. The summed E-state index contributed by atoms with van der Waals surface area (Å²) in [5, 5.41) is 11.8. The monoisotopic (exact) mass is 430 g/mol. The summed E-state index contributed by atoms with van der Waals surface area (Å²) in [4.78, 5) is 2.30. The highest BCUT2D eigenvalue weighted by atomic mass is 79.9. The SMILES string of the molecule is COc1ccc(C2(O)CN(c3ccc(C)cc3)C3=[N+]2CCCCC3)cc1.[Br-]. The molecule has 0 fully saturated rings. The summed E-state index contributed by atoms with van der Waals surface area (Å²) in [6.45, 7) is 3.55. The number of hydrogen-bond donors (Lipinski definition) is 1. The highest BCUT2D eigenvalue weighted by molar-refractivity contribution is 5.95. The van der Waals surface area contributed by atoms with E-state index in [1.165, 1.54) is 24.2 Å². The van der Waals surface area contributed by atoms with Crippen LogP contribution in [0.5, 0.6) is 5.75 Å². The van der Waals surface area contributed by atoms with Crippen molar-refractivity contribution in [2.24, 2.45) is 0 Å². The first kappa shape index (κ1) is 19.9. The Labute approximate surface area is 171 Å². The molecule has 0 amide bonds. The number of nitrogens with zero attached hydrogens (tertiary/aromatic N) is 2. The number of anilines is 1. The molecule has 0 aromatic heterocycles. The molecular weight excluding hydrogens is 404 g/mol. The lowest BCUT2D eigenvalue weighted by molar-refractivity contribution is -0.658. The molecule has 2 aromatic rings. The van der Waals surface area contributed by atoms with Crippen LogP contribution in [0.25, 0.3) is 0 Å². The van der Waals surface area contributed by atoms with Gasteiger partial charge in [0, 0.05) is 12.0 Å². The van der Waals surface area contributed by atoms with E-state index in [1.807, 2.05) is 24.3 Å². The maximum atomic E-state index is 11.8. The quantitative estimate of drug-likeness (QED) is 0.726. The molecule has 1 unspecified atom stereocenters. The van der Waals surface area contributed by atoms with Gasteiger partial charge in [0.1, 0.15) is 11.4 Å². The van der Waals surface area contributed by atoms with E-state index in [9.17, 15) is 5.11 Å². The Morgan fingerprint density at radius 2 is 1.70 bits per heavy atom. The average Bonchev–Trinajstić information content (AvgIpc) is 2.82. The first-order valence-electron chi connectivity index (χ1n) is 9.46. The highest BCUT2D eigenvalue weighted by Crippen LogP contribution is 2.35. The highest BCUT2D eigenvalue weighted by Gasteiger charge is 2.51. The third-order valence-corrected chi connectivity index (χ3v) is 5.63. The van der Waals surface area contributed by atoms with E-state index in [0.29, 0.717) is 6.54 Å². The third-order valence-electron chi connectivity index (χ3n) is 5.63. The van der Waals surface area contributed by atoms with Crippen LogP contribution in [0.2, 0.25) is 0 Å². The van der Waals surface area contributed by atoms with E-state index < -0.39 is 5.72 Å². The van der Waals surface area contributed by atoms with Crippen LogP contribution in [0.1, 0.15) is 36.8 Å². The Morgan fingerprint density at radius 1 is 1.00 bits per heavy atom. The number of β-amino-alcohol motifs (C(OH)–C–C–N with tert-alkyl or cyclic N) is 1. The number of amidine groups is 1. The number of aliphatic hydroxyl groups is 1. The van der Waals surface area contributed by atoms with Crippen LogP contribution in [0, 0.1) is 6.92 Å². The molecule has 27 heavy (non-hydrogen) atoms. The molecule has 4 nitrogen and oxygen atoms in total. The number of hydrogen-bond acceptors (Lipinski definition) is 3. The number of rotatable bonds is 3. The molecule has 0 spiro atoms. The molecule has 2 aromatic carbocycles. The standard InChI is InChI=1S/C22H27N2O2.BrH/c1-17-7-11-19(12-8-17)23-16-22(25,18-9-13-20(26-2)14-10-18)24-15-5-3-4-6-21(23)24;/h7-14,25H,3-6,15-16H2,1-2H3;1H/q+1;/p-1. The van der Waals surface area contributed by atoms with E-state index in [4.69, 9.17) is 4.74 Å². The molecule has 2 aliphatic heterocycles. The van der Waals surface area contributed by atoms with E-state index in [1.54, 1.807) is 7.11 Å². The summed E-state index contributed by atoms with van der Waals surface area (Å²) in [5.41, 5.74) is 2.33. The van der Waals surface area contributed by atoms with Gasteiger partial charge in [-0.15, -0.1) is 0 Å². The van der Waals surface area contributed by atoms with Crippen LogP contribution in [0.4, 0.5) is 5.69 Å². The lowest BCUT2D eigenvalue weighted by Gasteiger charge is -2.23. The summed E-state index contributed by atoms with van der Waals surface area (Å²) in [6.07, 6.45) is 4.50. The van der Waals surface area contributed by atoms with Gasteiger partial charge in [0.05, 0.1) is 13.7 Å². The van der Waals surface area contributed by atoms with Gasteiger partial charge in [-0.1, -0.05) is 17.7 Å². The van der Waals surface area contributed by atoms with E-state index >= 15 is 0 Å². The van der Waals surface area contributed by atoms with Crippen molar-refractivity contribution < 1.29 is 31.4 Å². The van der Waals surface area contributed by atoms with Crippen molar-refractivity contribution in [3.05, 3.63) is 59.7 Å². The molecule has 4 rings (SSSR count). The number of benzene rings is 2. The fourth-order valence-electron chi connectivity index (χ4n) is 4.14. The topological polar surface area (TPSA) is 35.7 Å². The van der Waals surface area contributed by atoms with Crippen LogP contribution in [-0.2, 0) is 5.72 Å². The van der Waals surface area contributed by atoms with Gasteiger partial charge in [-0.2, -0.15) is 0 Å². The summed E-state index contributed by atoms with van der Waals surface area (Å²) in [5.74, 6) is 2.05. The molecule has 2 aliphatic rings. The summed E-state index contributed by atoms with van der Waals surface area (Å²) < 4.78 is 7.51. The number of halogens is 1. The minimum atomic E-state index is -1.00. The van der Waals surface area contributed by atoms with Gasteiger partial charge in [-0.25, -0.2) is 9.48 Å². The second-order valence-corrected chi connectivity index (χ2v) is 7.35. The van der Waals surface area contributed by atoms with Crippen molar-refractivity contribution >= 4 is 11.5 Å². The Bertz CT molecular complexity index is 817.